The smallest absolute Gasteiger partial charge is 0.124 e. The van der Waals surface area contributed by atoms with Gasteiger partial charge in [-0.3, -0.25) is 0 Å². The molecule has 0 bridgehead atoms. The Kier molecular flexibility index (Phi) is 5.27. The quantitative estimate of drug-likeness (QED) is 0.603. The molecule has 0 unspecified atom stereocenters. The van der Waals surface area contributed by atoms with E-state index in [1.165, 1.54) is 3.57 Å². The summed E-state index contributed by atoms with van der Waals surface area (Å²) < 4.78 is 6.86. The second-order valence-electron chi connectivity index (χ2n) is 4.04. The van der Waals surface area contributed by atoms with Gasteiger partial charge in [0, 0.05) is 21.4 Å². The predicted octanol–water partition coefficient (Wildman–Crippen LogP) is 4.47. The van der Waals surface area contributed by atoms with Crippen LogP contribution in [-0.2, 0) is 6.54 Å². The van der Waals surface area contributed by atoms with Crippen molar-refractivity contribution in [2.75, 3.05) is 11.9 Å². The topological polar surface area (TPSA) is 21.3 Å². The molecule has 0 heterocycles. The molecule has 0 atom stereocenters. The van der Waals surface area contributed by atoms with Gasteiger partial charge in [0.15, 0.2) is 0 Å². The molecular weight excluding hydrogens is 349 g/mol. The van der Waals surface area contributed by atoms with E-state index in [0.29, 0.717) is 6.61 Å². The van der Waals surface area contributed by atoms with Crippen LogP contribution in [-0.4, -0.2) is 6.61 Å². The van der Waals surface area contributed by atoms with Crippen LogP contribution in [0.4, 0.5) is 5.69 Å². The highest BCUT2D eigenvalue weighted by Crippen LogP contribution is 2.22. The van der Waals surface area contributed by atoms with Crippen molar-refractivity contribution in [1.29, 1.82) is 0 Å². The van der Waals surface area contributed by atoms with Gasteiger partial charge in [0.2, 0.25) is 0 Å². The van der Waals surface area contributed by atoms with Gasteiger partial charge in [-0.25, -0.2) is 0 Å². The van der Waals surface area contributed by atoms with E-state index in [1.807, 2.05) is 30.3 Å². The van der Waals surface area contributed by atoms with Crippen LogP contribution in [0.25, 0.3) is 0 Å². The van der Waals surface area contributed by atoms with Crippen LogP contribution in [0.1, 0.15) is 5.56 Å². The number of hydrogen-bond donors (Lipinski definition) is 1. The van der Waals surface area contributed by atoms with Crippen molar-refractivity contribution in [2.45, 2.75) is 6.54 Å². The van der Waals surface area contributed by atoms with E-state index in [9.17, 15) is 0 Å². The lowest BCUT2D eigenvalue weighted by atomic mass is 10.2. The molecular formula is C16H16INO. The molecule has 0 spiro atoms. The lowest BCUT2D eigenvalue weighted by Gasteiger charge is -2.12. The Labute approximate surface area is 127 Å². The first-order valence-electron chi connectivity index (χ1n) is 6.11. The molecule has 0 saturated carbocycles. The minimum Gasteiger partial charge on any atom is -0.489 e. The number of hydrogen-bond acceptors (Lipinski definition) is 2. The van der Waals surface area contributed by atoms with Crippen molar-refractivity contribution < 1.29 is 4.74 Å². The molecule has 0 aliphatic rings. The molecule has 1 N–H and O–H groups in total. The Morgan fingerprint density at radius 3 is 2.63 bits per heavy atom. The lowest BCUT2D eigenvalue weighted by molar-refractivity contribution is 0.359. The second kappa shape index (κ2) is 7.19. The van der Waals surface area contributed by atoms with E-state index >= 15 is 0 Å². The van der Waals surface area contributed by atoms with Gasteiger partial charge in [0.25, 0.3) is 0 Å². The van der Waals surface area contributed by atoms with Crippen LogP contribution in [0.15, 0.2) is 61.2 Å². The van der Waals surface area contributed by atoms with Crippen LogP contribution in [0.2, 0.25) is 0 Å². The van der Waals surface area contributed by atoms with Gasteiger partial charge in [0.05, 0.1) is 0 Å². The highest BCUT2D eigenvalue weighted by molar-refractivity contribution is 14.1. The monoisotopic (exact) mass is 365 g/mol. The average molecular weight is 365 g/mol. The van der Waals surface area contributed by atoms with Crippen molar-refractivity contribution in [3.8, 4) is 5.75 Å². The number of halogens is 1. The lowest BCUT2D eigenvalue weighted by Crippen LogP contribution is -2.04. The molecule has 98 valence electrons. The zero-order valence-electron chi connectivity index (χ0n) is 10.6. The van der Waals surface area contributed by atoms with Crippen LogP contribution in [0, 0.1) is 3.57 Å². The standard InChI is InChI=1S/C16H16INO/c1-2-11-19-16-10-6-3-7-13(16)12-18-15-9-5-4-8-14(15)17/h2-10,18H,1,11-12H2. The van der Waals surface area contributed by atoms with Crippen LogP contribution >= 0.6 is 22.6 Å². The van der Waals surface area contributed by atoms with Gasteiger partial charge in [-0.15, -0.1) is 0 Å². The fourth-order valence-corrected chi connectivity index (χ4v) is 2.31. The fraction of sp³-hybridized carbons (Fsp3) is 0.125. The number of benzene rings is 2. The summed E-state index contributed by atoms with van der Waals surface area (Å²) in [6, 6.07) is 16.3. The van der Waals surface area contributed by atoms with Crippen molar-refractivity contribution in [3.05, 3.63) is 70.3 Å². The molecule has 19 heavy (non-hydrogen) atoms. The van der Waals surface area contributed by atoms with E-state index in [1.54, 1.807) is 6.08 Å². The molecule has 0 radical (unpaired) electrons. The molecule has 2 aromatic rings. The van der Waals surface area contributed by atoms with Gasteiger partial charge in [-0.1, -0.05) is 43.0 Å². The molecule has 0 saturated heterocycles. The van der Waals surface area contributed by atoms with E-state index in [4.69, 9.17) is 4.74 Å². The summed E-state index contributed by atoms with van der Waals surface area (Å²) in [4.78, 5) is 0. The van der Waals surface area contributed by atoms with E-state index in [0.717, 1.165) is 23.5 Å². The first-order valence-corrected chi connectivity index (χ1v) is 7.19. The Bertz CT molecular complexity index is 554. The molecule has 0 amide bonds. The molecule has 0 aliphatic carbocycles. The summed E-state index contributed by atoms with van der Waals surface area (Å²) in [5.74, 6) is 0.904. The van der Waals surface area contributed by atoms with E-state index in [2.05, 4.69) is 52.7 Å². The second-order valence-corrected chi connectivity index (χ2v) is 5.20. The molecule has 3 heteroatoms. The third-order valence-corrected chi connectivity index (χ3v) is 3.61. The normalized spacial score (nSPS) is 9.95. The van der Waals surface area contributed by atoms with Crippen molar-refractivity contribution >= 4 is 28.3 Å². The van der Waals surface area contributed by atoms with Crippen molar-refractivity contribution in [2.24, 2.45) is 0 Å². The molecule has 0 fully saturated rings. The summed E-state index contributed by atoms with van der Waals surface area (Å²) in [6.07, 6.45) is 1.75. The SMILES string of the molecule is C=CCOc1ccccc1CNc1ccccc1I. The summed E-state index contributed by atoms with van der Waals surface area (Å²) in [6.45, 7) is 4.94. The van der Waals surface area contributed by atoms with Crippen LogP contribution in [0.5, 0.6) is 5.75 Å². The Morgan fingerprint density at radius 2 is 1.84 bits per heavy atom. The highest BCUT2D eigenvalue weighted by atomic mass is 127. The number of rotatable bonds is 6. The minimum absolute atomic E-state index is 0.528. The highest BCUT2D eigenvalue weighted by Gasteiger charge is 2.03. The maximum absolute atomic E-state index is 5.65. The van der Waals surface area contributed by atoms with Crippen molar-refractivity contribution in [1.82, 2.24) is 0 Å². The molecule has 2 rings (SSSR count). The van der Waals surface area contributed by atoms with Crippen molar-refractivity contribution in [3.63, 3.8) is 0 Å². The Hall–Kier alpha value is -1.49. The molecule has 0 aromatic heterocycles. The fourth-order valence-electron chi connectivity index (χ4n) is 1.73. The van der Waals surface area contributed by atoms with E-state index < -0.39 is 0 Å². The maximum atomic E-state index is 5.65. The third kappa shape index (κ3) is 3.99. The Balaban J connectivity index is 2.07. The van der Waals surface area contributed by atoms with Gasteiger partial charge < -0.3 is 10.1 Å². The number of para-hydroxylation sites is 2. The largest absolute Gasteiger partial charge is 0.489 e. The van der Waals surface area contributed by atoms with Gasteiger partial charge in [-0.05, 0) is 40.8 Å². The zero-order valence-corrected chi connectivity index (χ0v) is 12.8. The first kappa shape index (κ1) is 13.9. The number of nitrogens with one attached hydrogen (secondary N) is 1. The number of anilines is 1. The number of ether oxygens (including phenoxy) is 1. The summed E-state index contributed by atoms with van der Waals surface area (Å²) in [5, 5.41) is 3.43. The summed E-state index contributed by atoms with van der Waals surface area (Å²) in [5.41, 5.74) is 2.28. The third-order valence-electron chi connectivity index (χ3n) is 2.67. The van der Waals surface area contributed by atoms with E-state index in [-0.39, 0.29) is 0 Å². The average Bonchev–Trinajstić information content (AvgIpc) is 2.45. The summed E-state index contributed by atoms with van der Waals surface area (Å²) >= 11 is 2.33. The first-order chi connectivity index (χ1) is 9.31. The molecule has 0 aliphatic heterocycles. The van der Waals surface area contributed by atoms with Gasteiger partial charge in [-0.2, -0.15) is 0 Å². The Morgan fingerprint density at radius 1 is 1.11 bits per heavy atom. The molecule has 2 aromatic carbocycles. The predicted molar refractivity (Wildman–Crippen MR) is 88.6 cm³/mol. The minimum atomic E-state index is 0.528. The summed E-state index contributed by atoms with van der Waals surface area (Å²) in [7, 11) is 0. The van der Waals surface area contributed by atoms with Gasteiger partial charge in [0.1, 0.15) is 12.4 Å². The zero-order chi connectivity index (χ0) is 13.5. The van der Waals surface area contributed by atoms with Gasteiger partial charge >= 0.3 is 0 Å². The van der Waals surface area contributed by atoms with Crippen LogP contribution in [0.3, 0.4) is 0 Å². The molecule has 2 nitrogen and oxygen atoms in total. The van der Waals surface area contributed by atoms with Crippen LogP contribution < -0.4 is 10.1 Å². The maximum Gasteiger partial charge on any atom is 0.124 e.